The molecule has 0 spiro atoms. The van der Waals surface area contributed by atoms with E-state index in [9.17, 15) is 13.2 Å². The molecule has 0 radical (unpaired) electrons. The lowest BCUT2D eigenvalue weighted by molar-refractivity contribution is 0.121. The van der Waals surface area contributed by atoms with E-state index in [1.165, 1.54) is 0 Å². The van der Waals surface area contributed by atoms with Crippen LogP contribution < -0.4 is 10.5 Å². The maximum atomic E-state index is 11.9. The molecule has 0 aromatic rings. The molecule has 0 fully saturated rings. The highest BCUT2D eigenvalue weighted by Crippen LogP contribution is 2.05. The third kappa shape index (κ3) is 6.69. The number of thiocarbonyl (C=S) groups is 1. The Hall–Kier alpha value is -0.930. The van der Waals surface area contributed by atoms with Gasteiger partial charge in [-0.3, -0.25) is 0 Å². The highest BCUT2D eigenvalue weighted by Gasteiger charge is 2.26. The first-order valence-electron chi connectivity index (χ1n) is 5.88. The zero-order valence-corrected chi connectivity index (χ0v) is 13.2. The van der Waals surface area contributed by atoms with E-state index in [-0.39, 0.29) is 24.0 Å². The fourth-order valence-corrected chi connectivity index (χ4v) is 2.42. The van der Waals surface area contributed by atoms with Crippen LogP contribution in [0.4, 0.5) is 4.79 Å². The minimum Gasteiger partial charge on any atom is -0.446 e. The average Bonchev–Trinajstić information content (AvgIpc) is 2.22. The van der Waals surface area contributed by atoms with Crippen molar-refractivity contribution in [3.05, 3.63) is 0 Å². The Balaban J connectivity index is 4.75. The van der Waals surface area contributed by atoms with Crippen molar-refractivity contribution in [2.75, 3.05) is 13.1 Å². The number of ether oxygens (including phenoxy) is 1. The molecule has 0 aromatic heterocycles. The molecule has 19 heavy (non-hydrogen) atoms. The van der Waals surface area contributed by atoms with Gasteiger partial charge in [-0.05, 0) is 13.8 Å². The van der Waals surface area contributed by atoms with Gasteiger partial charge in [0.15, 0.2) is 0 Å². The van der Waals surface area contributed by atoms with Crippen molar-refractivity contribution in [3.63, 3.8) is 0 Å². The van der Waals surface area contributed by atoms with E-state index in [1.54, 1.807) is 27.7 Å². The van der Waals surface area contributed by atoms with Crippen molar-refractivity contribution < 1.29 is 17.9 Å². The minimum absolute atomic E-state index is 0.107. The van der Waals surface area contributed by atoms with Crippen molar-refractivity contribution in [1.82, 2.24) is 9.03 Å². The molecule has 0 saturated heterocycles. The van der Waals surface area contributed by atoms with Crippen molar-refractivity contribution >= 4 is 33.5 Å². The van der Waals surface area contributed by atoms with Crippen molar-refractivity contribution in [1.29, 1.82) is 0 Å². The average molecular weight is 311 g/mol. The van der Waals surface area contributed by atoms with Gasteiger partial charge in [-0.25, -0.2) is 9.52 Å². The maximum absolute atomic E-state index is 11.9. The summed E-state index contributed by atoms with van der Waals surface area (Å²) >= 11 is 4.80. The molecule has 3 N–H and O–H groups in total. The summed E-state index contributed by atoms with van der Waals surface area (Å²) in [6, 6.07) is 0. The van der Waals surface area contributed by atoms with Gasteiger partial charge in [-0.1, -0.05) is 26.1 Å². The zero-order chi connectivity index (χ0) is 15.2. The van der Waals surface area contributed by atoms with Gasteiger partial charge < -0.3 is 10.5 Å². The molecule has 1 unspecified atom stereocenters. The second-order valence-corrected chi connectivity index (χ2v) is 6.46. The molecule has 1 atom stereocenters. The Bertz CT molecular complexity index is 422. The Labute approximate surface area is 119 Å². The van der Waals surface area contributed by atoms with E-state index in [0.717, 1.165) is 4.31 Å². The lowest BCUT2D eigenvalue weighted by atomic mass is 10.2. The van der Waals surface area contributed by atoms with Crippen molar-refractivity contribution in [3.8, 4) is 0 Å². The van der Waals surface area contributed by atoms with Crippen molar-refractivity contribution in [2.24, 2.45) is 11.7 Å². The number of rotatable bonds is 7. The van der Waals surface area contributed by atoms with Gasteiger partial charge >= 0.3 is 16.3 Å². The summed E-state index contributed by atoms with van der Waals surface area (Å²) in [5, 5.41) is 0. The molecule has 7 nitrogen and oxygen atoms in total. The second kappa shape index (κ2) is 7.61. The molecule has 0 rings (SSSR count). The van der Waals surface area contributed by atoms with Crippen LogP contribution in [0.3, 0.4) is 0 Å². The van der Waals surface area contributed by atoms with Crippen LogP contribution in [0, 0.1) is 5.92 Å². The van der Waals surface area contributed by atoms with Crippen LogP contribution in [0.25, 0.3) is 0 Å². The molecule has 1 amide bonds. The van der Waals surface area contributed by atoms with Crippen LogP contribution in [0.1, 0.15) is 27.7 Å². The Morgan fingerprint density at radius 1 is 1.42 bits per heavy atom. The first-order chi connectivity index (χ1) is 8.60. The number of nitrogens with two attached hydrogens (primary N) is 1. The molecule has 0 aliphatic rings. The van der Waals surface area contributed by atoms with E-state index >= 15 is 0 Å². The van der Waals surface area contributed by atoms with Gasteiger partial charge in [0.1, 0.15) is 0 Å². The van der Waals surface area contributed by atoms with E-state index in [2.05, 4.69) is 0 Å². The number of hydrogen-bond donors (Lipinski definition) is 2. The molecule has 0 bridgehead atoms. The molecule has 0 aromatic carbocycles. The summed E-state index contributed by atoms with van der Waals surface area (Å²) in [6.07, 6.45) is -1.41. The van der Waals surface area contributed by atoms with Crippen LogP contribution in [0.5, 0.6) is 0 Å². The van der Waals surface area contributed by atoms with Gasteiger partial charge in [-0.15, -0.1) is 0 Å². The molecular formula is C10H21N3O4S2. The van der Waals surface area contributed by atoms with E-state index < -0.39 is 22.4 Å². The molecular weight excluding hydrogens is 290 g/mol. The van der Waals surface area contributed by atoms with Crippen LogP contribution in [0.15, 0.2) is 0 Å². The molecule has 0 saturated carbocycles. The number of nitrogens with zero attached hydrogens (tertiary/aromatic N) is 1. The van der Waals surface area contributed by atoms with Gasteiger partial charge in [0, 0.05) is 19.0 Å². The number of hydrogen-bond acceptors (Lipinski definition) is 5. The Morgan fingerprint density at radius 3 is 2.32 bits per heavy atom. The largest absolute Gasteiger partial charge is 0.446 e. The summed E-state index contributed by atoms with van der Waals surface area (Å²) in [5.74, 6) is -0.285. The van der Waals surface area contributed by atoms with E-state index in [1.807, 2.05) is 4.72 Å². The monoisotopic (exact) mass is 311 g/mol. The lowest BCUT2D eigenvalue weighted by Gasteiger charge is -2.23. The van der Waals surface area contributed by atoms with Crippen LogP contribution in [0.2, 0.25) is 0 Å². The smallest absolute Gasteiger partial charge is 0.422 e. The van der Waals surface area contributed by atoms with Crippen LogP contribution in [-0.4, -0.2) is 43.0 Å². The van der Waals surface area contributed by atoms with Gasteiger partial charge in [0.25, 0.3) is 0 Å². The summed E-state index contributed by atoms with van der Waals surface area (Å²) in [4.78, 5) is 11.5. The van der Waals surface area contributed by atoms with Crippen LogP contribution in [-0.2, 0) is 14.9 Å². The third-order valence-corrected chi connectivity index (χ3v) is 4.12. The van der Waals surface area contributed by atoms with Gasteiger partial charge in [0.2, 0.25) is 0 Å². The van der Waals surface area contributed by atoms with Gasteiger partial charge in [0.05, 0.1) is 11.1 Å². The summed E-state index contributed by atoms with van der Waals surface area (Å²) in [6.45, 7) is 6.91. The third-order valence-electron chi connectivity index (χ3n) is 2.21. The predicted molar refractivity (Wildman–Crippen MR) is 76.9 cm³/mol. The summed E-state index contributed by atoms with van der Waals surface area (Å²) < 4.78 is 31.5. The maximum Gasteiger partial charge on any atom is 0.422 e. The Kier molecular flexibility index (Phi) is 7.24. The van der Waals surface area contributed by atoms with Crippen LogP contribution >= 0.6 is 12.2 Å². The fourth-order valence-electron chi connectivity index (χ4n) is 1.20. The first kappa shape index (κ1) is 18.1. The molecule has 0 aliphatic carbocycles. The predicted octanol–water partition coefficient (Wildman–Crippen LogP) is 0.610. The lowest BCUT2D eigenvalue weighted by Crippen LogP contribution is -2.46. The molecule has 0 aliphatic heterocycles. The summed E-state index contributed by atoms with van der Waals surface area (Å²) in [7, 11) is -3.95. The highest BCUT2D eigenvalue weighted by atomic mass is 32.2. The number of nitrogens with one attached hydrogen (secondary N) is 1. The SMILES string of the molecule is CCN(CC(C)C(N)=S)S(=O)(=O)NC(=O)OC(C)C. The normalized spacial score (nSPS) is 13.4. The van der Waals surface area contributed by atoms with E-state index in [0.29, 0.717) is 0 Å². The zero-order valence-electron chi connectivity index (χ0n) is 11.5. The number of carbonyl (C=O) groups is 1. The highest BCUT2D eigenvalue weighted by molar-refractivity contribution is 7.87. The van der Waals surface area contributed by atoms with Crippen molar-refractivity contribution in [2.45, 2.75) is 33.8 Å². The molecule has 112 valence electrons. The standard InChI is InChI=1S/C10H21N3O4S2/c1-5-13(6-8(4)9(11)18)19(15,16)12-10(14)17-7(2)3/h7-8H,5-6H2,1-4H3,(H2,11,18)(H,12,14). The number of carbonyl (C=O) groups excluding carboxylic acids is 1. The van der Waals surface area contributed by atoms with E-state index in [4.69, 9.17) is 22.7 Å². The quantitative estimate of drug-likeness (QED) is 0.668. The fraction of sp³-hybridized carbons (Fsp3) is 0.800. The summed E-state index contributed by atoms with van der Waals surface area (Å²) in [5.41, 5.74) is 5.45. The Morgan fingerprint density at radius 2 is 1.95 bits per heavy atom. The topological polar surface area (TPSA) is 102 Å². The first-order valence-corrected chi connectivity index (χ1v) is 7.72. The van der Waals surface area contributed by atoms with Gasteiger partial charge in [-0.2, -0.15) is 12.7 Å². The molecule has 9 heteroatoms. The second-order valence-electron chi connectivity index (χ2n) is 4.32. The number of amides is 1. The molecule has 0 heterocycles. The minimum atomic E-state index is -3.95.